The number of anilines is 1. The van der Waals surface area contributed by atoms with Crippen molar-refractivity contribution in [3.63, 3.8) is 0 Å². The Kier molecular flexibility index (Phi) is 11.5. The van der Waals surface area contributed by atoms with E-state index in [1.54, 1.807) is 35.2 Å². The van der Waals surface area contributed by atoms with Gasteiger partial charge >= 0.3 is 0 Å². The van der Waals surface area contributed by atoms with Crippen molar-refractivity contribution < 1.29 is 18.0 Å². The molecule has 0 spiro atoms. The van der Waals surface area contributed by atoms with Crippen molar-refractivity contribution in [1.29, 1.82) is 0 Å². The van der Waals surface area contributed by atoms with E-state index in [9.17, 15) is 18.0 Å². The van der Waals surface area contributed by atoms with E-state index in [0.717, 1.165) is 5.56 Å². The first kappa shape index (κ1) is 31.0. The summed E-state index contributed by atoms with van der Waals surface area (Å²) in [6.07, 6.45) is 0.558. The van der Waals surface area contributed by atoms with Gasteiger partial charge in [0.2, 0.25) is 15.9 Å². The largest absolute Gasteiger partial charge is 0.343 e. The fourth-order valence-corrected chi connectivity index (χ4v) is 6.09. The number of nitrogens with one attached hydrogen (secondary N) is 2. The molecular weight excluding hydrogens is 498 g/mol. The van der Waals surface area contributed by atoms with Gasteiger partial charge in [-0.05, 0) is 43.0 Å². The zero-order valence-corrected chi connectivity index (χ0v) is 24.4. The molecule has 2 atom stereocenters. The molecule has 1 heterocycles. The third-order valence-corrected chi connectivity index (χ3v) is 8.02. The summed E-state index contributed by atoms with van der Waals surface area (Å²) in [7, 11) is -3.83. The van der Waals surface area contributed by atoms with Crippen LogP contribution in [0.5, 0.6) is 0 Å². The van der Waals surface area contributed by atoms with Gasteiger partial charge in [-0.2, -0.15) is 0 Å². The molecule has 0 aliphatic carbocycles. The summed E-state index contributed by atoms with van der Waals surface area (Å²) < 4.78 is 29.6. The van der Waals surface area contributed by atoms with Crippen LogP contribution < -0.4 is 10.0 Å². The number of aryl methyl sites for hydroxylation is 1. The van der Waals surface area contributed by atoms with E-state index in [0.29, 0.717) is 41.5 Å². The van der Waals surface area contributed by atoms with Gasteiger partial charge in [0.15, 0.2) is 0 Å². The minimum absolute atomic E-state index is 0.00230. The van der Waals surface area contributed by atoms with Crippen molar-refractivity contribution in [1.82, 2.24) is 9.62 Å². The third kappa shape index (κ3) is 7.20. The SMILES string of the molecule is CC.CC.CC(=O)N1CCC(NS(=O)(=O)c2ccc(NC(=O)c3ccccc3C)c3ccccc23)[C@@H](C)C1. The zero-order valence-electron chi connectivity index (χ0n) is 23.5. The number of nitrogens with zero attached hydrogens (tertiary/aromatic N) is 1. The molecule has 1 aliphatic heterocycles. The lowest BCUT2D eigenvalue weighted by molar-refractivity contribution is -0.130. The average molecular weight is 540 g/mol. The molecule has 1 unspecified atom stereocenters. The fraction of sp³-hybridized carbons (Fsp3) is 0.400. The molecule has 2 amide bonds. The number of carbonyl (C=O) groups excluding carboxylic acids is 2. The molecule has 8 heteroatoms. The van der Waals surface area contributed by atoms with Gasteiger partial charge in [-0.15, -0.1) is 0 Å². The Hall–Kier alpha value is -3.23. The van der Waals surface area contributed by atoms with Crippen LogP contribution in [-0.4, -0.2) is 44.3 Å². The van der Waals surface area contributed by atoms with Crippen molar-refractivity contribution in [2.24, 2.45) is 5.92 Å². The molecule has 1 aliphatic rings. The van der Waals surface area contributed by atoms with Gasteiger partial charge in [-0.3, -0.25) is 9.59 Å². The Morgan fingerprint density at radius 3 is 2.11 bits per heavy atom. The lowest BCUT2D eigenvalue weighted by Gasteiger charge is -2.36. The maximum Gasteiger partial charge on any atom is 0.255 e. The number of benzene rings is 3. The Balaban J connectivity index is 0.00000121. The van der Waals surface area contributed by atoms with Crippen molar-refractivity contribution in [3.8, 4) is 0 Å². The van der Waals surface area contributed by atoms with Gasteiger partial charge in [-0.25, -0.2) is 13.1 Å². The number of fused-ring (bicyclic) bond motifs is 1. The number of piperidine rings is 1. The second kappa shape index (κ2) is 14.1. The predicted octanol–water partition coefficient (Wildman–Crippen LogP) is 5.99. The van der Waals surface area contributed by atoms with Gasteiger partial charge in [0.05, 0.1) is 4.90 Å². The number of rotatable bonds is 5. The van der Waals surface area contributed by atoms with Gasteiger partial charge < -0.3 is 10.2 Å². The minimum Gasteiger partial charge on any atom is -0.343 e. The Morgan fingerprint density at radius 1 is 0.895 bits per heavy atom. The highest BCUT2D eigenvalue weighted by molar-refractivity contribution is 7.89. The highest BCUT2D eigenvalue weighted by atomic mass is 32.2. The van der Waals surface area contributed by atoms with Crippen molar-refractivity contribution in [2.75, 3.05) is 18.4 Å². The van der Waals surface area contributed by atoms with Gasteiger partial charge in [-0.1, -0.05) is 77.1 Å². The van der Waals surface area contributed by atoms with E-state index < -0.39 is 10.0 Å². The molecule has 2 N–H and O–H groups in total. The van der Waals surface area contributed by atoms with Crippen LogP contribution in [-0.2, 0) is 14.8 Å². The quantitative estimate of drug-likeness (QED) is 0.416. The molecule has 4 rings (SSSR count). The molecule has 206 valence electrons. The Morgan fingerprint density at radius 2 is 1.50 bits per heavy atom. The molecule has 1 fully saturated rings. The molecule has 7 nitrogen and oxygen atoms in total. The summed E-state index contributed by atoms with van der Waals surface area (Å²) in [5.74, 6) is -0.253. The van der Waals surface area contributed by atoms with Gasteiger partial charge in [0, 0.05) is 48.1 Å². The first-order chi connectivity index (χ1) is 18.2. The van der Waals surface area contributed by atoms with E-state index in [2.05, 4.69) is 10.0 Å². The maximum atomic E-state index is 13.4. The average Bonchev–Trinajstić information content (AvgIpc) is 2.92. The minimum atomic E-state index is -3.83. The van der Waals surface area contributed by atoms with E-state index in [1.165, 1.54) is 13.0 Å². The molecule has 38 heavy (non-hydrogen) atoms. The van der Waals surface area contributed by atoms with Crippen molar-refractivity contribution >= 4 is 38.3 Å². The summed E-state index contributed by atoms with van der Waals surface area (Å²) in [5, 5.41) is 4.11. The van der Waals surface area contributed by atoms with Crippen LogP contribution in [0.3, 0.4) is 0 Å². The summed E-state index contributed by atoms with van der Waals surface area (Å²) >= 11 is 0. The molecule has 0 radical (unpaired) electrons. The number of hydrogen-bond acceptors (Lipinski definition) is 4. The van der Waals surface area contributed by atoms with Crippen LogP contribution in [0.1, 0.15) is 63.9 Å². The molecule has 0 aromatic heterocycles. The van der Waals surface area contributed by atoms with Crippen LogP contribution in [0.2, 0.25) is 0 Å². The lowest BCUT2D eigenvalue weighted by Crippen LogP contribution is -2.51. The molecule has 3 aromatic carbocycles. The van der Waals surface area contributed by atoms with Crippen molar-refractivity contribution in [3.05, 3.63) is 71.8 Å². The van der Waals surface area contributed by atoms with Gasteiger partial charge in [0.1, 0.15) is 0 Å². The highest BCUT2D eigenvalue weighted by Crippen LogP contribution is 2.31. The molecular formula is C30H41N3O4S. The summed E-state index contributed by atoms with van der Waals surface area (Å²) in [5.41, 5.74) is 1.97. The fourth-order valence-electron chi connectivity index (χ4n) is 4.50. The maximum absolute atomic E-state index is 13.4. The molecule has 1 saturated heterocycles. The van der Waals surface area contributed by atoms with Crippen LogP contribution >= 0.6 is 0 Å². The van der Waals surface area contributed by atoms with Crippen LogP contribution in [0, 0.1) is 12.8 Å². The number of amides is 2. The first-order valence-electron chi connectivity index (χ1n) is 13.3. The number of likely N-dealkylation sites (tertiary alicyclic amines) is 1. The summed E-state index contributed by atoms with van der Waals surface area (Å²) in [6, 6.07) is 17.4. The Bertz CT molecular complexity index is 1350. The van der Waals surface area contributed by atoms with Crippen LogP contribution in [0.4, 0.5) is 5.69 Å². The topological polar surface area (TPSA) is 95.6 Å². The van der Waals surface area contributed by atoms with Crippen molar-refractivity contribution in [2.45, 2.75) is 65.8 Å². The lowest BCUT2D eigenvalue weighted by atomic mass is 9.95. The highest BCUT2D eigenvalue weighted by Gasteiger charge is 2.31. The summed E-state index contributed by atoms with van der Waals surface area (Å²) in [6.45, 7) is 14.4. The first-order valence-corrected chi connectivity index (χ1v) is 14.8. The van der Waals surface area contributed by atoms with E-state index in [4.69, 9.17) is 0 Å². The third-order valence-electron chi connectivity index (χ3n) is 6.47. The van der Waals surface area contributed by atoms with E-state index in [-0.39, 0.29) is 28.7 Å². The normalized spacial score (nSPS) is 17.0. The number of carbonyl (C=O) groups is 2. The molecule has 0 bridgehead atoms. The standard InChI is InChI=1S/C26H29N3O4S.2C2H6/c1-17-8-4-5-9-20(17)26(31)27-24-12-13-25(22-11-7-6-10-21(22)24)34(32,33)28-23-14-15-29(19(3)30)16-18(23)2;2*1-2/h4-13,18,23,28H,14-16H2,1-3H3,(H,27,31);2*1-2H3/t18-,23?;;/m0../s1. The molecule has 3 aromatic rings. The summed E-state index contributed by atoms with van der Waals surface area (Å²) in [4.78, 5) is 26.5. The smallest absolute Gasteiger partial charge is 0.255 e. The van der Waals surface area contributed by atoms with Crippen LogP contribution in [0.25, 0.3) is 10.8 Å². The molecule has 0 saturated carbocycles. The number of sulfonamides is 1. The second-order valence-electron chi connectivity index (χ2n) is 8.88. The predicted molar refractivity (Wildman–Crippen MR) is 156 cm³/mol. The monoisotopic (exact) mass is 539 g/mol. The van der Waals surface area contributed by atoms with E-state index >= 15 is 0 Å². The van der Waals surface area contributed by atoms with Gasteiger partial charge in [0.25, 0.3) is 5.91 Å². The zero-order chi connectivity index (χ0) is 28.5. The van der Waals surface area contributed by atoms with Crippen LogP contribution in [0.15, 0.2) is 65.6 Å². The Labute approximate surface area is 227 Å². The van der Waals surface area contributed by atoms with E-state index in [1.807, 2.05) is 65.8 Å². The number of hydrogen-bond donors (Lipinski definition) is 2. The second-order valence-corrected chi connectivity index (χ2v) is 10.6.